The summed E-state index contributed by atoms with van der Waals surface area (Å²) in [6.07, 6.45) is 1.17. The van der Waals surface area contributed by atoms with Crippen LogP contribution in [0.3, 0.4) is 0 Å². The third-order valence-corrected chi connectivity index (χ3v) is 4.41. The van der Waals surface area contributed by atoms with Crippen LogP contribution in [-0.2, 0) is 26.1 Å². The summed E-state index contributed by atoms with van der Waals surface area (Å²) in [5.41, 5.74) is 0.711. The van der Waals surface area contributed by atoms with Gasteiger partial charge in [-0.1, -0.05) is 12.1 Å². The third-order valence-electron chi connectivity index (χ3n) is 2.47. The van der Waals surface area contributed by atoms with E-state index in [0.717, 1.165) is 0 Å². The van der Waals surface area contributed by atoms with Crippen LogP contribution in [0.1, 0.15) is 12.5 Å². The van der Waals surface area contributed by atoms with Crippen LogP contribution in [0, 0.1) is 0 Å². The number of amides is 2. The van der Waals surface area contributed by atoms with Gasteiger partial charge in [0.05, 0.1) is 17.3 Å². The highest BCUT2D eigenvalue weighted by Gasteiger charge is 2.17. The number of benzene rings is 1. The summed E-state index contributed by atoms with van der Waals surface area (Å²) >= 11 is 1.23. The molecule has 2 amide bonds. The molecule has 1 aromatic carbocycles. The Hall–Kier alpha value is -1.74. The van der Waals surface area contributed by atoms with Crippen molar-refractivity contribution in [1.82, 2.24) is 10.0 Å². The minimum Gasteiger partial charge on any atom is -0.450 e. The van der Waals surface area contributed by atoms with Crippen molar-refractivity contribution in [1.29, 1.82) is 0 Å². The molecule has 0 saturated heterocycles. The van der Waals surface area contributed by atoms with E-state index in [1.807, 2.05) is 4.72 Å². The van der Waals surface area contributed by atoms with Gasteiger partial charge in [-0.2, -0.15) is 11.8 Å². The molecule has 0 saturated carbocycles. The molecule has 0 spiro atoms. The van der Waals surface area contributed by atoms with E-state index >= 15 is 0 Å². The normalized spacial score (nSPS) is 10.8. The molecule has 0 aliphatic carbocycles. The second-order valence-corrected chi connectivity index (χ2v) is 6.73. The minimum absolute atomic E-state index is 0.0122. The number of hydrogen-bond donors (Lipinski definition) is 2. The fourth-order valence-corrected chi connectivity index (χ4v) is 2.92. The number of ether oxygens (including phenoxy) is 1. The molecule has 0 aromatic heterocycles. The Bertz CT molecular complexity index is 614. The zero-order valence-electron chi connectivity index (χ0n) is 12.3. The molecule has 0 aliphatic heterocycles. The molecule has 0 radical (unpaired) electrons. The molecule has 0 aliphatic rings. The number of thioether (sulfide) groups is 1. The molecule has 0 heterocycles. The van der Waals surface area contributed by atoms with Crippen molar-refractivity contribution < 1.29 is 22.7 Å². The van der Waals surface area contributed by atoms with Crippen molar-refractivity contribution in [3.63, 3.8) is 0 Å². The van der Waals surface area contributed by atoms with Crippen LogP contribution in [0.4, 0.5) is 4.79 Å². The molecule has 9 heteroatoms. The third kappa shape index (κ3) is 5.94. The Morgan fingerprint density at radius 1 is 1.23 bits per heavy atom. The van der Waals surface area contributed by atoms with E-state index < -0.39 is 22.0 Å². The summed E-state index contributed by atoms with van der Waals surface area (Å²) in [7, 11) is -3.86. The van der Waals surface area contributed by atoms with Crippen LogP contribution in [0.15, 0.2) is 29.2 Å². The van der Waals surface area contributed by atoms with Gasteiger partial charge < -0.3 is 10.1 Å². The van der Waals surface area contributed by atoms with Gasteiger partial charge >= 0.3 is 6.09 Å². The number of carbonyl (C=O) groups is 2. The van der Waals surface area contributed by atoms with Gasteiger partial charge in [0, 0.05) is 6.54 Å². The average molecular weight is 346 g/mol. The highest BCUT2D eigenvalue weighted by atomic mass is 32.2. The number of rotatable bonds is 7. The van der Waals surface area contributed by atoms with Crippen molar-refractivity contribution in [2.24, 2.45) is 0 Å². The Labute approximate surface area is 133 Å². The summed E-state index contributed by atoms with van der Waals surface area (Å²) in [5, 5.41) is 2.52. The zero-order chi connectivity index (χ0) is 16.6. The first-order chi connectivity index (χ1) is 10.4. The maximum Gasteiger partial charge on any atom is 0.407 e. The lowest BCUT2D eigenvalue weighted by atomic mass is 10.2. The largest absolute Gasteiger partial charge is 0.450 e. The maximum absolute atomic E-state index is 11.9. The number of alkyl carbamates (subject to hydrolysis) is 1. The fourth-order valence-electron chi connectivity index (χ4n) is 1.51. The quantitative estimate of drug-likeness (QED) is 0.767. The van der Waals surface area contributed by atoms with Gasteiger partial charge in [-0.15, -0.1) is 0 Å². The summed E-state index contributed by atoms with van der Waals surface area (Å²) < 4.78 is 30.6. The molecule has 2 N–H and O–H groups in total. The van der Waals surface area contributed by atoms with Gasteiger partial charge in [-0.25, -0.2) is 17.9 Å². The molecular weight excluding hydrogens is 328 g/mol. The lowest BCUT2D eigenvalue weighted by molar-refractivity contribution is -0.116. The van der Waals surface area contributed by atoms with E-state index in [2.05, 4.69) is 5.32 Å². The van der Waals surface area contributed by atoms with Gasteiger partial charge in [0.2, 0.25) is 5.91 Å². The van der Waals surface area contributed by atoms with Gasteiger partial charge in [0.1, 0.15) is 0 Å². The lowest BCUT2D eigenvalue weighted by Gasteiger charge is -2.08. The Balaban J connectivity index is 2.67. The summed E-state index contributed by atoms with van der Waals surface area (Å²) in [6.45, 7) is 2.20. The topological polar surface area (TPSA) is 102 Å². The number of carbonyl (C=O) groups excluding carboxylic acids is 2. The molecule has 1 aromatic rings. The maximum atomic E-state index is 11.9. The van der Waals surface area contributed by atoms with Crippen LogP contribution in [-0.4, -0.2) is 39.0 Å². The highest BCUT2D eigenvalue weighted by molar-refractivity contribution is 7.99. The second-order valence-electron chi connectivity index (χ2n) is 4.18. The monoisotopic (exact) mass is 346 g/mol. The van der Waals surface area contributed by atoms with E-state index in [4.69, 9.17) is 4.74 Å². The highest BCUT2D eigenvalue weighted by Crippen LogP contribution is 2.11. The Morgan fingerprint density at radius 3 is 2.41 bits per heavy atom. The second kappa shape index (κ2) is 8.64. The molecular formula is C13H18N2O5S2. The molecule has 0 fully saturated rings. The first-order valence-corrected chi connectivity index (χ1v) is 9.31. The fraction of sp³-hybridized carbons (Fsp3) is 0.385. The Morgan fingerprint density at radius 2 is 1.86 bits per heavy atom. The van der Waals surface area contributed by atoms with Crippen LogP contribution in [0.25, 0.3) is 0 Å². The van der Waals surface area contributed by atoms with E-state index in [-0.39, 0.29) is 23.8 Å². The lowest BCUT2D eigenvalue weighted by Crippen LogP contribution is -2.31. The first-order valence-electron chi connectivity index (χ1n) is 6.43. The molecule has 7 nitrogen and oxygen atoms in total. The van der Waals surface area contributed by atoms with E-state index in [1.54, 1.807) is 25.3 Å². The molecule has 0 atom stereocenters. The number of nitrogens with one attached hydrogen (secondary N) is 2. The summed E-state index contributed by atoms with van der Waals surface area (Å²) in [4.78, 5) is 22.5. The molecule has 0 bridgehead atoms. The predicted octanol–water partition coefficient (Wildman–Crippen LogP) is 1.10. The van der Waals surface area contributed by atoms with E-state index in [1.165, 1.54) is 23.9 Å². The summed E-state index contributed by atoms with van der Waals surface area (Å²) in [6, 6.07) is 5.85. The molecule has 22 heavy (non-hydrogen) atoms. The van der Waals surface area contributed by atoms with Crippen molar-refractivity contribution >= 4 is 33.8 Å². The standard InChI is InChI=1S/C13H18N2O5S2/c1-3-20-13(17)14-8-10-4-6-11(7-5-10)22(18,19)15-12(16)9-21-2/h4-7H,3,8-9H2,1-2H3,(H,14,17)(H,15,16). The predicted molar refractivity (Wildman–Crippen MR) is 84.0 cm³/mol. The van der Waals surface area contributed by atoms with Crippen molar-refractivity contribution in [2.45, 2.75) is 18.4 Å². The van der Waals surface area contributed by atoms with Crippen LogP contribution in [0.2, 0.25) is 0 Å². The minimum atomic E-state index is -3.86. The van der Waals surface area contributed by atoms with E-state index in [0.29, 0.717) is 5.56 Å². The van der Waals surface area contributed by atoms with Crippen molar-refractivity contribution in [2.75, 3.05) is 18.6 Å². The SMILES string of the molecule is CCOC(=O)NCc1ccc(S(=O)(=O)NC(=O)CSC)cc1. The van der Waals surface area contributed by atoms with Crippen LogP contribution >= 0.6 is 11.8 Å². The zero-order valence-corrected chi connectivity index (χ0v) is 13.9. The van der Waals surface area contributed by atoms with Crippen LogP contribution < -0.4 is 10.0 Å². The first kappa shape index (κ1) is 18.3. The van der Waals surface area contributed by atoms with Crippen molar-refractivity contribution in [3.05, 3.63) is 29.8 Å². The number of hydrogen-bond acceptors (Lipinski definition) is 6. The molecule has 1 rings (SSSR count). The molecule has 122 valence electrons. The van der Waals surface area contributed by atoms with Gasteiger partial charge in [0.25, 0.3) is 10.0 Å². The summed E-state index contributed by atoms with van der Waals surface area (Å²) in [5.74, 6) is -0.499. The van der Waals surface area contributed by atoms with Crippen molar-refractivity contribution in [3.8, 4) is 0 Å². The van der Waals surface area contributed by atoms with Crippen LogP contribution in [0.5, 0.6) is 0 Å². The average Bonchev–Trinajstić information content (AvgIpc) is 2.45. The van der Waals surface area contributed by atoms with Gasteiger partial charge in [0.15, 0.2) is 0 Å². The van der Waals surface area contributed by atoms with E-state index in [9.17, 15) is 18.0 Å². The molecule has 0 unspecified atom stereocenters. The number of sulfonamides is 1. The van der Waals surface area contributed by atoms with Gasteiger partial charge in [-0.3, -0.25) is 4.79 Å². The smallest absolute Gasteiger partial charge is 0.407 e. The Kier molecular flexibility index (Phi) is 7.19. The van der Waals surface area contributed by atoms with Gasteiger partial charge in [-0.05, 0) is 30.9 Å².